The molecule has 0 rings (SSSR count). The van der Waals surface area contributed by atoms with Crippen LogP contribution in [-0.2, 0) is 0 Å². The van der Waals surface area contributed by atoms with Crippen molar-refractivity contribution in [2.75, 3.05) is 31.4 Å². The zero-order valence-electron chi connectivity index (χ0n) is 13.4. The highest BCUT2D eigenvalue weighted by molar-refractivity contribution is 6.18. The van der Waals surface area contributed by atoms with Gasteiger partial charge in [0.25, 0.3) is 0 Å². The highest BCUT2D eigenvalue weighted by Crippen LogP contribution is 2.01. The summed E-state index contributed by atoms with van der Waals surface area (Å²) >= 11 is 10.6. The van der Waals surface area contributed by atoms with E-state index in [1.54, 1.807) is 0 Å². The van der Waals surface area contributed by atoms with Gasteiger partial charge in [-0.3, -0.25) is 0 Å². The first kappa shape index (κ1) is 21.8. The largest absolute Gasteiger partial charge is 0.303 e. The number of hydrogen-bond acceptors (Lipinski definition) is 1. The van der Waals surface area contributed by atoms with Gasteiger partial charge in [-0.2, -0.15) is 0 Å². The minimum atomic E-state index is 0.743. The molecule has 0 aromatic heterocycles. The molecule has 0 atom stereocenters. The molecule has 0 spiro atoms. The van der Waals surface area contributed by atoms with Crippen LogP contribution in [-0.4, -0.2) is 36.3 Å². The van der Waals surface area contributed by atoms with Gasteiger partial charge in [-0.1, -0.05) is 40.0 Å². The van der Waals surface area contributed by atoms with Gasteiger partial charge in [0.05, 0.1) is 0 Å². The molecule has 1 nitrogen and oxygen atoms in total. The Balaban J connectivity index is 0. The SMILES string of the molecule is CCCCN(CCCC)CCCC.ClCCCCCl. The summed E-state index contributed by atoms with van der Waals surface area (Å²) in [7, 11) is 0. The van der Waals surface area contributed by atoms with Crippen molar-refractivity contribution in [3.63, 3.8) is 0 Å². The standard InChI is InChI=1S/C12H27N.C4H8Cl2/c1-4-7-10-13(11-8-5-2)12-9-6-3;5-3-1-2-4-6/h4-12H2,1-3H3;1-4H2. The van der Waals surface area contributed by atoms with Crippen LogP contribution in [0.4, 0.5) is 0 Å². The fourth-order valence-electron chi connectivity index (χ4n) is 1.67. The Morgan fingerprint density at radius 2 is 0.895 bits per heavy atom. The number of hydrogen-bond donors (Lipinski definition) is 0. The van der Waals surface area contributed by atoms with Gasteiger partial charge in [0.2, 0.25) is 0 Å². The summed E-state index contributed by atoms with van der Waals surface area (Å²) in [5.74, 6) is 1.49. The highest BCUT2D eigenvalue weighted by atomic mass is 35.5. The second-order valence-corrected chi connectivity index (χ2v) is 5.74. The highest BCUT2D eigenvalue weighted by Gasteiger charge is 2.01. The van der Waals surface area contributed by atoms with E-state index in [-0.39, 0.29) is 0 Å². The minimum absolute atomic E-state index is 0.743. The van der Waals surface area contributed by atoms with Gasteiger partial charge >= 0.3 is 0 Å². The Labute approximate surface area is 132 Å². The van der Waals surface area contributed by atoms with E-state index in [0.717, 1.165) is 24.6 Å². The number of unbranched alkanes of at least 4 members (excludes halogenated alkanes) is 4. The zero-order chi connectivity index (χ0) is 14.8. The third kappa shape index (κ3) is 21.0. The number of rotatable bonds is 12. The molecule has 0 aromatic carbocycles. The Hall–Kier alpha value is 0.540. The molecule has 0 aromatic rings. The van der Waals surface area contributed by atoms with Crippen LogP contribution >= 0.6 is 23.2 Å². The first-order valence-corrected chi connectivity index (χ1v) is 9.17. The van der Waals surface area contributed by atoms with Crippen LogP contribution in [0.15, 0.2) is 0 Å². The lowest BCUT2D eigenvalue weighted by molar-refractivity contribution is 0.261. The van der Waals surface area contributed by atoms with Crippen molar-refractivity contribution in [3.05, 3.63) is 0 Å². The van der Waals surface area contributed by atoms with Crippen LogP contribution < -0.4 is 0 Å². The molecule has 0 saturated carbocycles. The molecule has 0 N–H and O–H groups in total. The summed E-state index contributed by atoms with van der Waals surface area (Å²) < 4.78 is 0. The summed E-state index contributed by atoms with van der Waals surface area (Å²) in [5.41, 5.74) is 0. The van der Waals surface area contributed by atoms with Crippen LogP contribution in [0.5, 0.6) is 0 Å². The molecule has 0 saturated heterocycles. The summed E-state index contributed by atoms with van der Waals surface area (Å²) in [4.78, 5) is 2.64. The van der Waals surface area contributed by atoms with Gasteiger partial charge in [-0.25, -0.2) is 0 Å². The maximum absolute atomic E-state index is 5.32. The van der Waals surface area contributed by atoms with Gasteiger partial charge in [0.15, 0.2) is 0 Å². The van der Waals surface area contributed by atoms with E-state index in [9.17, 15) is 0 Å². The molecule has 0 amide bonds. The third-order valence-corrected chi connectivity index (χ3v) is 3.54. The van der Waals surface area contributed by atoms with Crippen molar-refractivity contribution in [1.29, 1.82) is 0 Å². The van der Waals surface area contributed by atoms with E-state index in [1.165, 1.54) is 58.2 Å². The predicted octanol–water partition coefficient (Wildman–Crippen LogP) is 5.93. The lowest BCUT2D eigenvalue weighted by Gasteiger charge is -2.21. The fourth-order valence-corrected chi connectivity index (χ4v) is 2.05. The Bertz CT molecular complexity index is 120. The molecule has 0 radical (unpaired) electrons. The molecular formula is C16H35Cl2N. The molecule has 0 aliphatic carbocycles. The summed E-state index contributed by atoms with van der Waals surface area (Å²) in [6, 6.07) is 0. The van der Waals surface area contributed by atoms with E-state index in [0.29, 0.717) is 0 Å². The van der Waals surface area contributed by atoms with E-state index >= 15 is 0 Å². The van der Waals surface area contributed by atoms with Crippen LogP contribution in [0.1, 0.15) is 72.1 Å². The summed E-state index contributed by atoms with van der Waals surface area (Å²) in [6.07, 6.45) is 10.2. The smallest absolute Gasteiger partial charge is 0.0223 e. The van der Waals surface area contributed by atoms with E-state index in [2.05, 4.69) is 25.7 Å². The molecule has 0 fully saturated rings. The molecule has 19 heavy (non-hydrogen) atoms. The first-order valence-electron chi connectivity index (χ1n) is 8.10. The van der Waals surface area contributed by atoms with E-state index in [1.807, 2.05) is 0 Å². The van der Waals surface area contributed by atoms with Crippen LogP contribution in [0, 0.1) is 0 Å². The van der Waals surface area contributed by atoms with Gasteiger partial charge < -0.3 is 4.90 Å². The Morgan fingerprint density at radius 1 is 0.579 bits per heavy atom. The van der Waals surface area contributed by atoms with Gasteiger partial charge in [-0.15, -0.1) is 23.2 Å². The number of alkyl halides is 2. The number of halogens is 2. The molecule has 0 unspecified atom stereocenters. The lowest BCUT2D eigenvalue weighted by Crippen LogP contribution is -2.27. The van der Waals surface area contributed by atoms with Crippen molar-refractivity contribution in [2.24, 2.45) is 0 Å². The molecule has 0 aliphatic heterocycles. The average molecular weight is 312 g/mol. The van der Waals surface area contributed by atoms with E-state index in [4.69, 9.17) is 23.2 Å². The minimum Gasteiger partial charge on any atom is -0.303 e. The van der Waals surface area contributed by atoms with Gasteiger partial charge in [0.1, 0.15) is 0 Å². The Kier molecular flexibility index (Phi) is 24.0. The quantitative estimate of drug-likeness (QED) is 0.319. The second kappa shape index (κ2) is 20.8. The normalized spacial score (nSPS) is 10.4. The first-order chi connectivity index (χ1) is 9.26. The fraction of sp³-hybridized carbons (Fsp3) is 1.00. The van der Waals surface area contributed by atoms with Crippen molar-refractivity contribution in [3.8, 4) is 0 Å². The van der Waals surface area contributed by atoms with Crippen molar-refractivity contribution in [1.82, 2.24) is 4.90 Å². The molecule has 0 aliphatic rings. The summed E-state index contributed by atoms with van der Waals surface area (Å²) in [5, 5.41) is 0. The molecule has 3 heteroatoms. The van der Waals surface area contributed by atoms with Crippen LogP contribution in [0.3, 0.4) is 0 Å². The maximum atomic E-state index is 5.32. The monoisotopic (exact) mass is 311 g/mol. The summed E-state index contributed by atoms with van der Waals surface area (Å²) in [6.45, 7) is 10.8. The van der Waals surface area contributed by atoms with Crippen LogP contribution in [0.25, 0.3) is 0 Å². The second-order valence-electron chi connectivity index (χ2n) is 4.99. The topological polar surface area (TPSA) is 3.24 Å². The third-order valence-electron chi connectivity index (χ3n) is 3.00. The average Bonchev–Trinajstić information content (AvgIpc) is 2.45. The van der Waals surface area contributed by atoms with Crippen LogP contribution in [0.2, 0.25) is 0 Å². The van der Waals surface area contributed by atoms with Crippen molar-refractivity contribution < 1.29 is 0 Å². The molecule has 0 heterocycles. The zero-order valence-corrected chi connectivity index (χ0v) is 14.9. The van der Waals surface area contributed by atoms with Gasteiger partial charge in [-0.05, 0) is 51.7 Å². The lowest BCUT2D eigenvalue weighted by atomic mass is 10.2. The van der Waals surface area contributed by atoms with Crippen molar-refractivity contribution >= 4 is 23.2 Å². The molecular weight excluding hydrogens is 277 g/mol. The molecule has 0 bridgehead atoms. The maximum Gasteiger partial charge on any atom is 0.0223 e. The molecule has 118 valence electrons. The van der Waals surface area contributed by atoms with Crippen molar-refractivity contribution in [2.45, 2.75) is 72.1 Å². The predicted molar refractivity (Wildman–Crippen MR) is 91.8 cm³/mol. The number of nitrogens with zero attached hydrogens (tertiary/aromatic N) is 1. The van der Waals surface area contributed by atoms with E-state index < -0.39 is 0 Å². The van der Waals surface area contributed by atoms with Gasteiger partial charge in [0, 0.05) is 11.8 Å². The Morgan fingerprint density at radius 3 is 1.11 bits per heavy atom.